The highest BCUT2D eigenvalue weighted by atomic mass is 32.2. The van der Waals surface area contributed by atoms with E-state index in [0.29, 0.717) is 22.4 Å². The first-order valence-corrected chi connectivity index (χ1v) is 11.8. The number of carbonyl (C=O) groups is 1. The lowest BCUT2D eigenvalue weighted by atomic mass is 10.1. The van der Waals surface area contributed by atoms with E-state index in [9.17, 15) is 9.18 Å². The maximum Gasteiger partial charge on any atom is 0.233 e. The van der Waals surface area contributed by atoms with Gasteiger partial charge in [0, 0.05) is 10.1 Å². The first-order valence-electron chi connectivity index (χ1n) is 10.1. The second kappa shape index (κ2) is 9.62. The molecule has 0 unspecified atom stereocenters. The van der Waals surface area contributed by atoms with Crippen molar-refractivity contribution < 1.29 is 9.18 Å². The van der Waals surface area contributed by atoms with Gasteiger partial charge in [-0.2, -0.15) is 0 Å². The van der Waals surface area contributed by atoms with E-state index in [1.165, 1.54) is 28.4 Å². The first kappa shape index (κ1) is 21.5. The van der Waals surface area contributed by atoms with Crippen molar-refractivity contribution in [3.8, 4) is 0 Å². The van der Waals surface area contributed by atoms with Crippen LogP contribution in [0.3, 0.4) is 0 Å². The molecule has 0 saturated heterocycles. The second-order valence-electron chi connectivity index (χ2n) is 7.56. The van der Waals surface area contributed by atoms with Crippen LogP contribution in [-0.2, 0) is 17.8 Å². The van der Waals surface area contributed by atoms with Crippen molar-refractivity contribution >= 4 is 44.4 Å². The summed E-state index contributed by atoms with van der Waals surface area (Å²) in [5.41, 5.74) is 2.68. The average Bonchev–Trinajstić information content (AvgIpc) is 3.16. The number of hydrogen-bond acceptors (Lipinski definition) is 4. The Morgan fingerprint density at radius 1 is 1.03 bits per heavy atom. The van der Waals surface area contributed by atoms with E-state index < -0.39 is 0 Å². The molecule has 3 aromatic carbocycles. The number of thiazole rings is 1. The van der Waals surface area contributed by atoms with Crippen molar-refractivity contribution in [1.29, 1.82) is 0 Å². The molecule has 0 aliphatic heterocycles. The number of fused-ring (bicyclic) bond motifs is 1. The fraction of sp³-hybridized carbons (Fsp3) is 0.200. The van der Waals surface area contributed by atoms with Gasteiger partial charge < -0.3 is 0 Å². The Bertz CT molecular complexity index is 1170. The standard InChI is InChI=1S/C25H23FN2OS2/c1-17(2)30-21-11-8-18(9-12-21)14-24(29)28(16-19-6-4-3-5-7-19)25-27-22-13-10-20(26)15-23(22)31-25/h3-13,15,17H,14,16H2,1-2H3. The van der Waals surface area contributed by atoms with Crippen molar-refractivity contribution in [2.24, 2.45) is 0 Å². The minimum absolute atomic E-state index is 0.0346. The zero-order valence-corrected chi connectivity index (χ0v) is 19.0. The molecular weight excluding hydrogens is 427 g/mol. The Hall–Kier alpha value is -2.70. The Labute approximate surface area is 189 Å². The van der Waals surface area contributed by atoms with Crippen LogP contribution in [0.2, 0.25) is 0 Å². The molecule has 4 aromatic rings. The summed E-state index contributed by atoms with van der Waals surface area (Å²) in [6.45, 7) is 4.74. The third-order valence-corrected chi connectivity index (χ3v) is 6.76. The quantitative estimate of drug-likeness (QED) is 0.293. The van der Waals surface area contributed by atoms with Crippen LogP contribution in [0.4, 0.5) is 9.52 Å². The Morgan fingerprint density at radius 2 is 1.77 bits per heavy atom. The van der Waals surface area contributed by atoms with E-state index in [-0.39, 0.29) is 18.1 Å². The van der Waals surface area contributed by atoms with Gasteiger partial charge in [-0.15, -0.1) is 11.8 Å². The minimum atomic E-state index is -0.303. The highest BCUT2D eigenvalue weighted by molar-refractivity contribution is 7.99. The molecule has 3 nitrogen and oxygen atoms in total. The summed E-state index contributed by atoms with van der Waals surface area (Å²) < 4.78 is 14.4. The molecule has 0 fully saturated rings. The van der Waals surface area contributed by atoms with E-state index in [0.717, 1.165) is 15.8 Å². The molecule has 6 heteroatoms. The summed E-state index contributed by atoms with van der Waals surface area (Å²) in [5.74, 6) is -0.337. The lowest BCUT2D eigenvalue weighted by Crippen LogP contribution is -2.31. The van der Waals surface area contributed by atoms with E-state index >= 15 is 0 Å². The fourth-order valence-corrected chi connectivity index (χ4v) is 5.10. The summed E-state index contributed by atoms with van der Waals surface area (Å²) in [5, 5.41) is 1.10. The number of aromatic nitrogens is 1. The van der Waals surface area contributed by atoms with Gasteiger partial charge in [0.05, 0.1) is 23.2 Å². The molecule has 0 radical (unpaired) electrons. The van der Waals surface area contributed by atoms with Gasteiger partial charge in [-0.1, -0.05) is 67.6 Å². The van der Waals surface area contributed by atoms with Gasteiger partial charge in [-0.25, -0.2) is 9.37 Å². The van der Waals surface area contributed by atoms with Crippen LogP contribution in [0.5, 0.6) is 0 Å². The average molecular weight is 451 g/mol. The number of thioether (sulfide) groups is 1. The van der Waals surface area contributed by atoms with Gasteiger partial charge in [0.25, 0.3) is 0 Å². The summed E-state index contributed by atoms with van der Waals surface area (Å²) in [7, 11) is 0. The lowest BCUT2D eigenvalue weighted by molar-refractivity contribution is -0.118. The molecule has 0 N–H and O–H groups in total. The van der Waals surface area contributed by atoms with Gasteiger partial charge in [0.1, 0.15) is 5.82 Å². The molecule has 0 aliphatic carbocycles. The van der Waals surface area contributed by atoms with Crippen molar-refractivity contribution in [2.75, 3.05) is 4.90 Å². The highest BCUT2D eigenvalue weighted by Gasteiger charge is 2.21. The smallest absolute Gasteiger partial charge is 0.233 e. The van der Waals surface area contributed by atoms with E-state index in [1.54, 1.807) is 22.7 Å². The predicted molar refractivity (Wildman–Crippen MR) is 128 cm³/mol. The SMILES string of the molecule is CC(C)Sc1ccc(CC(=O)N(Cc2ccccc2)c2nc3ccc(F)cc3s2)cc1. The molecule has 0 aliphatic rings. The number of hydrogen-bond donors (Lipinski definition) is 0. The van der Waals surface area contributed by atoms with Gasteiger partial charge in [0.15, 0.2) is 5.13 Å². The zero-order chi connectivity index (χ0) is 21.8. The number of benzene rings is 3. The molecule has 1 heterocycles. The van der Waals surface area contributed by atoms with Crippen LogP contribution >= 0.6 is 23.1 Å². The summed E-state index contributed by atoms with van der Waals surface area (Å²) in [4.78, 5) is 20.8. The van der Waals surface area contributed by atoms with E-state index in [4.69, 9.17) is 0 Å². The minimum Gasteiger partial charge on any atom is -0.283 e. The van der Waals surface area contributed by atoms with Crippen molar-refractivity contribution in [1.82, 2.24) is 4.98 Å². The van der Waals surface area contributed by atoms with Crippen LogP contribution in [0, 0.1) is 5.82 Å². The Morgan fingerprint density at radius 3 is 2.48 bits per heavy atom. The van der Waals surface area contributed by atoms with Crippen molar-refractivity contribution in [2.45, 2.75) is 37.0 Å². The van der Waals surface area contributed by atoms with Crippen LogP contribution in [-0.4, -0.2) is 16.1 Å². The van der Waals surface area contributed by atoms with E-state index in [1.807, 2.05) is 42.5 Å². The van der Waals surface area contributed by atoms with Crippen LogP contribution in [0.1, 0.15) is 25.0 Å². The maximum atomic E-state index is 13.6. The molecule has 0 saturated carbocycles. The number of rotatable bonds is 7. The van der Waals surface area contributed by atoms with Crippen LogP contribution < -0.4 is 4.90 Å². The number of carbonyl (C=O) groups excluding carboxylic acids is 1. The topological polar surface area (TPSA) is 33.2 Å². The highest BCUT2D eigenvalue weighted by Crippen LogP contribution is 2.31. The fourth-order valence-electron chi connectivity index (χ4n) is 3.26. The third-order valence-electron chi connectivity index (χ3n) is 4.71. The maximum absolute atomic E-state index is 13.6. The van der Waals surface area contributed by atoms with Crippen LogP contribution in [0.25, 0.3) is 10.2 Å². The third kappa shape index (κ3) is 5.51. The molecule has 1 amide bonds. The van der Waals surface area contributed by atoms with Gasteiger partial charge in [0.2, 0.25) is 5.91 Å². The molecule has 0 bridgehead atoms. The predicted octanol–water partition coefficient (Wildman–Crippen LogP) is 6.71. The lowest BCUT2D eigenvalue weighted by Gasteiger charge is -2.20. The Kier molecular flexibility index (Phi) is 6.68. The molecule has 0 spiro atoms. The van der Waals surface area contributed by atoms with Gasteiger partial charge in [-0.05, 0) is 41.5 Å². The molecular formula is C25H23FN2OS2. The number of nitrogens with zero attached hydrogens (tertiary/aromatic N) is 2. The first-order chi connectivity index (χ1) is 15.0. The summed E-state index contributed by atoms with van der Waals surface area (Å²) in [6.07, 6.45) is 0.281. The summed E-state index contributed by atoms with van der Waals surface area (Å²) in [6, 6.07) is 22.5. The van der Waals surface area contributed by atoms with Crippen molar-refractivity contribution in [3.63, 3.8) is 0 Å². The molecule has 158 valence electrons. The molecule has 1 aromatic heterocycles. The second-order valence-corrected chi connectivity index (χ2v) is 10.2. The van der Waals surface area contributed by atoms with Gasteiger partial charge >= 0.3 is 0 Å². The Balaban J connectivity index is 1.60. The molecule has 4 rings (SSSR count). The number of amides is 1. The number of halogens is 1. The van der Waals surface area contributed by atoms with Gasteiger partial charge in [-0.3, -0.25) is 9.69 Å². The van der Waals surface area contributed by atoms with Crippen LogP contribution in [0.15, 0.2) is 77.7 Å². The molecule has 31 heavy (non-hydrogen) atoms. The van der Waals surface area contributed by atoms with E-state index in [2.05, 4.69) is 31.0 Å². The monoisotopic (exact) mass is 450 g/mol. The normalized spacial score (nSPS) is 11.2. The molecule has 0 atom stereocenters. The number of anilines is 1. The largest absolute Gasteiger partial charge is 0.283 e. The summed E-state index contributed by atoms with van der Waals surface area (Å²) >= 11 is 3.14. The zero-order valence-electron chi connectivity index (χ0n) is 17.4. The van der Waals surface area contributed by atoms with Crippen molar-refractivity contribution in [3.05, 3.63) is 89.7 Å².